The predicted octanol–water partition coefficient (Wildman–Crippen LogP) is 2.43. The van der Waals surface area contributed by atoms with Crippen molar-refractivity contribution >= 4 is 33.2 Å². The fourth-order valence-electron chi connectivity index (χ4n) is 1.02. The lowest BCUT2D eigenvalue weighted by Crippen LogP contribution is -2.21. The molecular weight excluding hydrogens is 280 g/mol. The van der Waals surface area contributed by atoms with Gasteiger partial charge >= 0.3 is 0 Å². The van der Waals surface area contributed by atoms with Gasteiger partial charge in [-0.05, 0) is 28.1 Å². The van der Waals surface area contributed by atoms with E-state index in [1.165, 1.54) is 11.3 Å². The van der Waals surface area contributed by atoms with E-state index in [-0.39, 0.29) is 5.91 Å². The Balaban J connectivity index is 1.93. The number of carbonyl (C=O) groups excluding carboxylic acids is 1. The fourth-order valence-corrected chi connectivity index (χ4v) is 2.33. The van der Waals surface area contributed by atoms with Crippen molar-refractivity contribution in [3.63, 3.8) is 0 Å². The number of rotatable bonds is 3. The maximum absolute atomic E-state index is 11.6. The van der Waals surface area contributed by atoms with E-state index in [9.17, 15) is 4.79 Å². The van der Waals surface area contributed by atoms with Crippen molar-refractivity contribution < 1.29 is 9.32 Å². The van der Waals surface area contributed by atoms with E-state index in [2.05, 4.69) is 26.4 Å². The second kappa shape index (κ2) is 4.59. The number of aromatic nitrogens is 1. The van der Waals surface area contributed by atoms with Crippen LogP contribution in [0.25, 0.3) is 0 Å². The van der Waals surface area contributed by atoms with E-state index in [4.69, 9.17) is 4.52 Å². The van der Waals surface area contributed by atoms with Gasteiger partial charge in [-0.25, -0.2) is 0 Å². The van der Waals surface area contributed by atoms with Crippen LogP contribution in [-0.2, 0) is 6.54 Å². The summed E-state index contributed by atoms with van der Waals surface area (Å²) in [6.07, 6.45) is 1.54. The van der Waals surface area contributed by atoms with E-state index in [1.807, 2.05) is 6.07 Å². The van der Waals surface area contributed by atoms with Crippen LogP contribution in [0.4, 0.5) is 0 Å². The smallest absolute Gasteiger partial charge is 0.261 e. The van der Waals surface area contributed by atoms with Crippen molar-refractivity contribution in [1.29, 1.82) is 0 Å². The molecule has 2 aromatic heterocycles. The number of carbonyl (C=O) groups is 1. The van der Waals surface area contributed by atoms with Crippen molar-refractivity contribution in [2.24, 2.45) is 0 Å². The number of thiophene rings is 1. The van der Waals surface area contributed by atoms with E-state index in [0.717, 1.165) is 3.79 Å². The largest absolute Gasteiger partial charge is 0.360 e. The van der Waals surface area contributed by atoms with Crippen LogP contribution in [-0.4, -0.2) is 11.1 Å². The first-order valence-electron chi connectivity index (χ1n) is 4.19. The van der Waals surface area contributed by atoms with Crippen molar-refractivity contribution in [2.45, 2.75) is 6.54 Å². The van der Waals surface area contributed by atoms with Gasteiger partial charge in [-0.2, -0.15) is 0 Å². The zero-order valence-corrected chi connectivity index (χ0v) is 9.97. The van der Waals surface area contributed by atoms with Crippen LogP contribution < -0.4 is 5.32 Å². The Morgan fingerprint density at radius 3 is 3.00 bits per heavy atom. The molecule has 0 aliphatic rings. The van der Waals surface area contributed by atoms with E-state index in [1.54, 1.807) is 18.3 Å². The number of amides is 1. The van der Waals surface area contributed by atoms with Crippen LogP contribution >= 0.6 is 27.3 Å². The Kier molecular flexibility index (Phi) is 3.17. The lowest BCUT2D eigenvalue weighted by Gasteiger charge is -1.98. The van der Waals surface area contributed by atoms with Gasteiger partial charge < -0.3 is 9.84 Å². The maximum Gasteiger partial charge on any atom is 0.261 e. The molecule has 0 bridgehead atoms. The Labute approximate surface area is 98.4 Å². The zero-order chi connectivity index (χ0) is 10.7. The molecule has 0 aliphatic carbocycles. The van der Waals surface area contributed by atoms with Gasteiger partial charge in [0, 0.05) is 6.07 Å². The molecule has 6 heteroatoms. The molecule has 1 N–H and O–H groups in total. The lowest BCUT2D eigenvalue weighted by atomic mass is 10.4. The maximum atomic E-state index is 11.6. The fraction of sp³-hybridized carbons (Fsp3) is 0.111. The monoisotopic (exact) mass is 286 g/mol. The van der Waals surface area contributed by atoms with Crippen LogP contribution in [0.3, 0.4) is 0 Å². The summed E-state index contributed by atoms with van der Waals surface area (Å²) >= 11 is 4.69. The summed E-state index contributed by atoms with van der Waals surface area (Å²) in [6, 6.07) is 5.32. The highest BCUT2D eigenvalue weighted by Crippen LogP contribution is 2.21. The minimum Gasteiger partial charge on any atom is -0.360 e. The summed E-state index contributed by atoms with van der Waals surface area (Å²) in [7, 11) is 0. The number of halogens is 1. The van der Waals surface area contributed by atoms with Crippen molar-refractivity contribution in [3.05, 3.63) is 38.8 Å². The number of nitrogens with one attached hydrogen (secondary N) is 1. The van der Waals surface area contributed by atoms with Gasteiger partial charge in [0.05, 0.1) is 21.4 Å². The highest BCUT2D eigenvalue weighted by atomic mass is 79.9. The molecule has 0 aromatic carbocycles. The molecule has 0 aliphatic heterocycles. The van der Waals surface area contributed by atoms with Crippen LogP contribution in [0, 0.1) is 0 Å². The first kappa shape index (κ1) is 10.4. The van der Waals surface area contributed by atoms with Gasteiger partial charge in [0.15, 0.2) is 5.76 Å². The second-order valence-corrected chi connectivity index (χ2v) is 5.23. The molecule has 78 valence electrons. The van der Waals surface area contributed by atoms with E-state index >= 15 is 0 Å². The van der Waals surface area contributed by atoms with Crippen LogP contribution in [0.15, 0.2) is 32.7 Å². The van der Waals surface area contributed by atoms with Gasteiger partial charge in [-0.3, -0.25) is 4.79 Å². The molecule has 2 heterocycles. The molecule has 1 amide bonds. The van der Waals surface area contributed by atoms with E-state index in [0.29, 0.717) is 17.2 Å². The predicted molar refractivity (Wildman–Crippen MR) is 59.7 cm³/mol. The van der Waals surface area contributed by atoms with Gasteiger partial charge in [0.25, 0.3) is 5.91 Å². The molecule has 0 saturated heterocycles. The average Bonchev–Trinajstić information content (AvgIpc) is 2.84. The summed E-state index contributed by atoms with van der Waals surface area (Å²) in [6.45, 7) is 0.356. The normalized spacial score (nSPS) is 10.2. The highest BCUT2D eigenvalue weighted by molar-refractivity contribution is 9.11. The topological polar surface area (TPSA) is 55.1 Å². The number of hydrogen-bond donors (Lipinski definition) is 1. The third-order valence-corrected chi connectivity index (χ3v) is 3.33. The van der Waals surface area contributed by atoms with Crippen molar-refractivity contribution in [1.82, 2.24) is 10.5 Å². The van der Waals surface area contributed by atoms with Gasteiger partial charge in [0.1, 0.15) is 0 Å². The Morgan fingerprint density at radius 1 is 1.53 bits per heavy atom. The van der Waals surface area contributed by atoms with Crippen LogP contribution in [0.2, 0.25) is 0 Å². The zero-order valence-electron chi connectivity index (χ0n) is 7.57. The number of hydrogen-bond acceptors (Lipinski definition) is 4. The van der Waals surface area contributed by atoms with Gasteiger partial charge in [-0.15, -0.1) is 11.3 Å². The molecular formula is C9H7BrN2O2S. The summed E-state index contributed by atoms with van der Waals surface area (Å²) in [4.78, 5) is 12.2. The third-order valence-electron chi connectivity index (χ3n) is 1.71. The molecule has 15 heavy (non-hydrogen) atoms. The summed E-state index contributed by atoms with van der Waals surface area (Å²) < 4.78 is 5.79. The van der Waals surface area contributed by atoms with Gasteiger partial charge in [-0.1, -0.05) is 5.16 Å². The Hall–Kier alpha value is -1.14. The van der Waals surface area contributed by atoms with E-state index < -0.39 is 0 Å². The first-order valence-corrected chi connectivity index (χ1v) is 5.80. The molecule has 0 spiro atoms. The minimum absolute atomic E-state index is 0.109. The molecule has 2 rings (SSSR count). The van der Waals surface area contributed by atoms with Gasteiger partial charge in [0.2, 0.25) is 0 Å². The molecule has 0 fully saturated rings. The lowest BCUT2D eigenvalue weighted by molar-refractivity contribution is 0.0951. The Bertz CT molecular complexity index is 452. The average molecular weight is 287 g/mol. The quantitative estimate of drug-likeness (QED) is 0.943. The third kappa shape index (κ3) is 2.66. The standard InChI is InChI=1S/C9H7BrN2O2S/c10-8-2-1-7(15-8)9(13)11-5-6-3-4-12-14-6/h1-4H,5H2,(H,11,13). The Morgan fingerprint density at radius 2 is 2.40 bits per heavy atom. The molecule has 0 atom stereocenters. The molecule has 0 unspecified atom stereocenters. The summed E-state index contributed by atoms with van der Waals surface area (Å²) in [5.74, 6) is 0.529. The minimum atomic E-state index is -0.109. The van der Waals surface area contributed by atoms with Crippen molar-refractivity contribution in [2.75, 3.05) is 0 Å². The number of nitrogens with zero attached hydrogens (tertiary/aromatic N) is 1. The summed E-state index contributed by atoms with van der Waals surface area (Å²) in [5, 5.41) is 6.28. The highest BCUT2D eigenvalue weighted by Gasteiger charge is 2.08. The summed E-state index contributed by atoms with van der Waals surface area (Å²) in [5.41, 5.74) is 0. The SMILES string of the molecule is O=C(NCc1ccno1)c1ccc(Br)s1. The van der Waals surface area contributed by atoms with Crippen LogP contribution in [0.5, 0.6) is 0 Å². The van der Waals surface area contributed by atoms with Crippen LogP contribution in [0.1, 0.15) is 15.4 Å². The molecule has 4 nitrogen and oxygen atoms in total. The molecule has 0 saturated carbocycles. The molecule has 0 radical (unpaired) electrons. The second-order valence-electron chi connectivity index (χ2n) is 2.77. The molecule has 2 aromatic rings. The van der Waals surface area contributed by atoms with Crippen molar-refractivity contribution in [3.8, 4) is 0 Å². The first-order chi connectivity index (χ1) is 7.25.